The fraction of sp³-hybridized carbons (Fsp3) is 0.368. The number of furan rings is 1. The molecule has 1 unspecified atom stereocenters. The number of carbonyl (C=O) groups is 1. The molecule has 0 spiro atoms. The number of benzene rings is 1. The summed E-state index contributed by atoms with van der Waals surface area (Å²) in [4.78, 5) is 12.1. The molecule has 0 bridgehead atoms. The maximum atomic E-state index is 12.1. The number of nitriles is 1. The van der Waals surface area contributed by atoms with Crippen molar-refractivity contribution in [3.8, 4) is 11.8 Å². The Morgan fingerprint density at radius 3 is 2.72 bits per heavy atom. The van der Waals surface area contributed by atoms with Gasteiger partial charge in [0, 0.05) is 6.54 Å². The number of hydrogen-bond donors (Lipinski definition) is 2. The molecule has 1 aromatic carbocycles. The SMILES string of the molecule is CC(C)(C)C(O)CNC(=O)c1ccc(COc2ccccc2C#N)o1. The van der Waals surface area contributed by atoms with Gasteiger partial charge in [0.05, 0.1) is 11.7 Å². The molecule has 2 N–H and O–H groups in total. The topological polar surface area (TPSA) is 95.5 Å². The Bertz CT molecular complexity index is 768. The van der Waals surface area contributed by atoms with Crippen molar-refractivity contribution >= 4 is 5.91 Å². The number of ether oxygens (including phenoxy) is 1. The predicted molar refractivity (Wildman–Crippen MR) is 92.0 cm³/mol. The number of carbonyl (C=O) groups excluding carboxylic acids is 1. The van der Waals surface area contributed by atoms with Crippen LogP contribution < -0.4 is 10.1 Å². The zero-order valence-corrected chi connectivity index (χ0v) is 14.6. The van der Waals surface area contributed by atoms with Gasteiger partial charge in [0.1, 0.15) is 24.2 Å². The third-order valence-corrected chi connectivity index (χ3v) is 3.72. The van der Waals surface area contributed by atoms with Crippen LogP contribution in [0.15, 0.2) is 40.8 Å². The highest BCUT2D eigenvalue weighted by molar-refractivity contribution is 5.91. The molecule has 0 aliphatic rings. The van der Waals surface area contributed by atoms with E-state index in [1.54, 1.807) is 36.4 Å². The van der Waals surface area contributed by atoms with Gasteiger partial charge in [-0.05, 0) is 29.7 Å². The molecule has 0 saturated carbocycles. The van der Waals surface area contributed by atoms with E-state index in [0.717, 1.165) is 0 Å². The van der Waals surface area contributed by atoms with Crippen LogP contribution in [0.4, 0.5) is 0 Å². The van der Waals surface area contributed by atoms with Gasteiger partial charge in [-0.25, -0.2) is 0 Å². The lowest BCUT2D eigenvalue weighted by molar-refractivity contribution is 0.0578. The summed E-state index contributed by atoms with van der Waals surface area (Å²) < 4.78 is 11.0. The normalized spacial score (nSPS) is 12.3. The summed E-state index contributed by atoms with van der Waals surface area (Å²) in [6.07, 6.45) is -0.656. The third kappa shape index (κ3) is 5.10. The Kier molecular flexibility index (Phi) is 5.84. The lowest BCUT2D eigenvalue weighted by Gasteiger charge is -2.25. The molecule has 2 rings (SSSR count). The van der Waals surface area contributed by atoms with Crippen LogP contribution in [0.1, 0.15) is 42.6 Å². The molecule has 0 fully saturated rings. The number of hydrogen-bond acceptors (Lipinski definition) is 5. The number of nitrogens with zero attached hydrogens (tertiary/aromatic N) is 1. The maximum absolute atomic E-state index is 12.1. The van der Waals surface area contributed by atoms with Crippen LogP contribution in [-0.4, -0.2) is 23.7 Å². The highest BCUT2D eigenvalue weighted by atomic mass is 16.5. The van der Waals surface area contributed by atoms with Crippen molar-refractivity contribution in [2.45, 2.75) is 33.5 Å². The summed E-state index contributed by atoms with van der Waals surface area (Å²) in [6, 6.07) is 12.1. The first-order valence-electron chi connectivity index (χ1n) is 7.98. The van der Waals surface area contributed by atoms with Crippen LogP contribution in [0.2, 0.25) is 0 Å². The van der Waals surface area contributed by atoms with E-state index in [1.807, 2.05) is 20.8 Å². The van der Waals surface area contributed by atoms with Crippen molar-refractivity contribution in [3.63, 3.8) is 0 Å². The van der Waals surface area contributed by atoms with Gasteiger partial charge in [0.25, 0.3) is 5.91 Å². The van der Waals surface area contributed by atoms with Gasteiger partial charge in [-0.2, -0.15) is 5.26 Å². The molecule has 25 heavy (non-hydrogen) atoms. The second-order valence-corrected chi connectivity index (χ2v) is 6.75. The Labute approximate surface area is 147 Å². The van der Waals surface area contributed by atoms with E-state index in [-0.39, 0.29) is 24.3 Å². The second-order valence-electron chi connectivity index (χ2n) is 6.75. The molecule has 1 heterocycles. The number of nitrogens with one attached hydrogen (secondary N) is 1. The molecule has 1 atom stereocenters. The van der Waals surface area contributed by atoms with Crippen LogP contribution in [0, 0.1) is 16.7 Å². The summed E-state index contributed by atoms with van der Waals surface area (Å²) >= 11 is 0. The van der Waals surface area contributed by atoms with E-state index in [4.69, 9.17) is 14.4 Å². The molecule has 2 aromatic rings. The molecule has 0 saturated heterocycles. The van der Waals surface area contributed by atoms with Crippen molar-refractivity contribution < 1.29 is 19.1 Å². The molecular formula is C19H22N2O4. The molecule has 0 aliphatic heterocycles. The monoisotopic (exact) mass is 342 g/mol. The Hall–Kier alpha value is -2.78. The standard InChI is InChI=1S/C19H22N2O4/c1-19(2,3)17(22)11-21-18(23)16-9-8-14(25-16)12-24-15-7-5-4-6-13(15)10-20/h4-9,17,22H,11-12H2,1-3H3,(H,21,23). The number of aliphatic hydroxyl groups is 1. The molecular weight excluding hydrogens is 320 g/mol. The van der Waals surface area contributed by atoms with Crippen molar-refractivity contribution in [2.75, 3.05) is 6.54 Å². The van der Waals surface area contributed by atoms with Crippen molar-refractivity contribution in [1.82, 2.24) is 5.32 Å². The first-order valence-corrected chi connectivity index (χ1v) is 7.98. The van der Waals surface area contributed by atoms with Crippen molar-refractivity contribution in [3.05, 3.63) is 53.5 Å². The first kappa shape index (κ1) is 18.6. The van der Waals surface area contributed by atoms with Crippen molar-refractivity contribution in [2.24, 2.45) is 5.41 Å². The fourth-order valence-electron chi connectivity index (χ4n) is 1.99. The summed E-state index contributed by atoms with van der Waals surface area (Å²) in [5.74, 6) is 0.676. The Morgan fingerprint density at radius 1 is 1.32 bits per heavy atom. The minimum atomic E-state index is -0.656. The lowest BCUT2D eigenvalue weighted by Crippen LogP contribution is -2.39. The molecule has 0 aliphatic carbocycles. The van der Waals surface area contributed by atoms with E-state index in [9.17, 15) is 9.90 Å². The smallest absolute Gasteiger partial charge is 0.287 e. The van der Waals surface area contributed by atoms with Crippen LogP contribution in [-0.2, 0) is 6.61 Å². The minimum Gasteiger partial charge on any atom is -0.484 e. The van der Waals surface area contributed by atoms with Gasteiger partial charge in [-0.3, -0.25) is 4.79 Å². The van der Waals surface area contributed by atoms with Gasteiger partial charge >= 0.3 is 0 Å². The van der Waals surface area contributed by atoms with E-state index < -0.39 is 12.0 Å². The zero-order chi connectivity index (χ0) is 18.4. The van der Waals surface area contributed by atoms with E-state index in [2.05, 4.69) is 11.4 Å². The van der Waals surface area contributed by atoms with Gasteiger partial charge in [0.15, 0.2) is 5.76 Å². The minimum absolute atomic E-state index is 0.108. The quantitative estimate of drug-likeness (QED) is 0.841. The summed E-state index contributed by atoms with van der Waals surface area (Å²) in [5, 5.41) is 21.6. The highest BCUT2D eigenvalue weighted by Crippen LogP contribution is 2.20. The van der Waals surface area contributed by atoms with E-state index in [0.29, 0.717) is 17.1 Å². The van der Waals surface area contributed by atoms with Crippen LogP contribution in [0.3, 0.4) is 0 Å². The van der Waals surface area contributed by atoms with E-state index >= 15 is 0 Å². The van der Waals surface area contributed by atoms with Crippen molar-refractivity contribution in [1.29, 1.82) is 5.26 Å². The molecule has 1 aromatic heterocycles. The molecule has 6 nitrogen and oxygen atoms in total. The van der Waals surface area contributed by atoms with Gasteiger partial charge in [0.2, 0.25) is 0 Å². The number of aliphatic hydroxyl groups excluding tert-OH is 1. The molecule has 6 heteroatoms. The predicted octanol–water partition coefficient (Wildman–Crippen LogP) is 2.87. The number of amides is 1. The summed E-state index contributed by atoms with van der Waals surface area (Å²) in [7, 11) is 0. The van der Waals surface area contributed by atoms with Crippen LogP contribution >= 0.6 is 0 Å². The molecule has 132 valence electrons. The molecule has 0 radical (unpaired) electrons. The van der Waals surface area contributed by atoms with Gasteiger partial charge in [-0.15, -0.1) is 0 Å². The zero-order valence-electron chi connectivity index (χ0n) is 14.6. The van der Waals surface area contributed by atoms with Gasteiger partial charge < -0.3 is 19.6 Å². The van der Waals surface area contributed by atoms with Gasteiger partial charge in [-0.1, -0.05) is 32.9 Å². The highest BCUT2D eigenvalue weighted by Gasteiger charge is 2.23. The average molecular weight is 342 g/mol. The fourth-order valence-corrected chi connectivity index (χ4v) is 1.99. The Morgan fingerprint density at radius 2 is 2.04 bits per heavy atom. The Balaban J connectivity index is 1.91. The number of para-hydroxylation sites is 1. The summed E-state index contributed by atoms with van der Waals surface area (Å²) in [5.41, 5.74) is 0.118. The lowest BCUT2D eigenvalue weighted by atomic mass is 9.89. The second kappa shape index (κ2) is 7.86. The number of rotatable bonds is 6. The van der Waals surface area contributed by atoms with E-state index in [1.165, 1.54) is 0 Å². The van der Waals surface area contributed by atoms with Crippen LogP contribution in [0.5, 0.6) is 5.75 Å². The van der Waals surface area contributed by atoms with Crippen LogP contribution in [0.25, 0.3) is 0 Å². The summed E-state index contributed by atoms with van der Waals surface area (Å²) in [6.45, 7) is 5.93. The average Bonchev–Trinajstić information content (AvgIpc) is 3.06. The maximum Gasteiger partial charge on any atom is 0.287 e. The molecule has 1 amide bonds. The largest absolute Gasteiger partial charge is 0.484 e. The third-order valence-electron chi connectivity index (χ3n) is 3.72. The first-order chi connectivity index (χ1) is 11.8.